The van der Waals surface area contributed by atoms with Crippen molar-refractivity contribution in [2.24, 2.45) is 0 Å². The Morgan fingerprint density at radius 3 is 2.00 bits per heavy atom. The van der Waals surface area contributed by atoms with Gasteiger partial charge in [0, 0.05) is 17.4 Å². The maximum atomic E-state index is 11.8. The van der Waals surface area contributed by atoms with E-state index in [2.05, 4.69) is 18.7 Å². The van der Waals surface area contributed by atoms with Gasteiger partial charge in [-0.25, -0.2) is 0 Å². The van der Waals surface area contributed by atoms with Gasteiger partial charge in [-0.2, -0.15) is 0 Å². The first-order chi connectivity index (χ1) is 13.0. The van der Waals surface area contributed by atoms with Crippen LogP contribution in [0, 0.1) is 0 Å². The van der Waals surface area contributed by atoms with E-state index in [1.807, 2.05) is 48.5 Å². The number of rotatable bonds is 7. The van der Waals surface area contributed by atoms with E-state index in [1.54, 1.807) is 7.11 Å². The molecule has 0 aliphatic heterocycles. The van der Waals surface area contributed by atoms with Crippen molar-refractivity contribution in [2.45, 2.75) is 32.7 Å². The van der Waals surface area contributed by atoms with Crippen molar-refractivity contribution in [3.8, 4) is 16.9 Å². The Morgan fingerprint density at radius 1 is 0.963 bits per heavy atom. The van der Waals surface area contributed by atoms with Crippen molar-refractivity contribution >= 4 is 23.0 Å². The fraction of sp³-hybridized carbons (Fsp3) is 0.273. The van der Waals surface area contributed by atoms with E-state index in [0.29, 0.717) is 17.2 Å². The Morgan fingerprint density at radius 2 is 1.52 bits per heavy atom. The quantitative estimate of drug-likeness (QED) is 0.542. The normalized spacial score (nSPS) is 12.1. The second kappa shape index (κ2) is 7.97. The van der Waals surface area contributed by atoms with Crippen molar-refractivity contribution < 1.29 is 4.74 Å². The number of hydrogen-bond acceptors (Lipinski definition) is 4. The summed E-state index contributed by atoms with van der Waals surface area (Å²) in [5, 5.41) is 0.0270. The van der Waals surface area contributed by atoms with E-state index < -0.39 is 10.9 Å². The minimum absolute atomic E-state index is 0.0270. The summed E-state index contributed by atoms with van der Waals surface area (Å²) in [6, 6.07) is 15.8. The lowest BCUT2D eigenvalue weighted by Crippen LogP contribution is -2.33. The number of ether oxygens (including phenoxy) is 1. The van der Waals surface area contributed by atoms with Crippen molar-refractivity contribution in [1.82, 2.24) is 0 Å². The first kappa shape index (κ1) is 19.2. The molecule has 0 fully saturated rings. The standard InChI is InChI=1S/C22H22ClNO3/c1-4-5-14(2)24(17-10-12-18(27-3)13-11-17)16-8-6-15(7-9-16)19-20(23)22(26)21(19)25/h6-14H,4-5H2,1-3H3. The van der Waals surface area contributed by atoms with Gasteiger partial charge < -0.3 is 9.64 Å². The van der Waals surface area contributed by atoms with Crippen LogP contribution in [0.15, 0.2) is 58.1 Å². The van der Waals surface area contributed by atoms with Crippen molar-refractivity contribution in [3.63, 3.8) is 0 Å². The molecule has 5 heteroatoms. The summed E-state index contributed by atoms with van der Waals surface area (Å²) in [6.07, 6.45) is 2.11. The molecule has 0 saturated carbocycles. The first-order valence-electron chi connectivity index (χ1n) is 9.00. The van der Waals surface area contributed by atoms with Gasteiger partial charge in [-0.05, 0) is 55.3 Å². The maximum absolute atomic E-state index is 11.8. The van der Waals surface area contributed by atoms with Gasteiger partial charge in [0.15, 0.2) is 0 Å². The van der Waals surface area contributed by atoms with Crippen LogP contribution in [0.3, 0.4) is 0 Å². The van der Waals surface area contributed by atoms with Crippen LogP contribution in [0.25, 0.3) is 11.1 Å². The Hall–Kier alpha value is -2.59. The van der Waals surface area contributed by atoms with E-state index in [-0.39, 0.29) is 5.02 Å². The SMILES string of the molecule is CCCC(C)N(c1ccc(OC)cc1)c1ccc(-c2c(Cl)c(=O)c2=O)cc1. The summed E-state index contributed by atoms with van der Waals surface area (Å²) in [5.74, 6) is 0.812. The topological polar surface area (TPSA) is 46.6 Å². The number of benzene rings is 2. The molecule has 0 radical (unpaired) electrons. The van der Waals surface area contributed by atoms with Gasteiger partial charge in [0.25, 0.3) is 0 Å². The third-order valence-electron chi connectivity index (χ3n) is 4.78. The van der Waals surface area contributed by atoms with Gasteiger partial charge in [-0.15, -0.1) is 0 Å². The zero-order chi connectivity index (χ0) is 19.6. The van der Waals surface area contributed by atoms with E-state index >= 15 is 0 Å². The lowest BCUT2D eigenvalue weighted by molar-refractivity contribution is 0.415. The van der Waals surface area contributed by atoms with Gasteiger partial charge in [0.2, 0.25) is 10.9 Å². The molecule has 27 heavy (non-hydrogen) atoms. The van der Waals surface area contributed by atoms with Gasteiger partial charge >= 0.3 is 0 Å². The smallest absolute Gasteiger partial charge is 0.245 e. The zero-order valence-electron chi connectivity index (χ0n) is 15.7. The second-order valence-electron chi connectivity index (χ2n) is 6.60. The summed E-state index contributed by atoms with van der Waals surface area (Å²) in [6.45, 7) is 4.36. The van der Waals surface area contributed by atoms with Crippen molar-refractivity contribution in [1.29, 1.82) is 0 Å². The van der Waals surface area contributed by atoms with Gasteiger partial charge in [-0.3, -0.25) is 9.59 Å². The molecule has 0 bridgehead atoms. The number of methoxy groups -OCH3 is 1. The monoisotopic (exact) mass is 383 g/mol. The molecule has 3 aromatic rings. The third-order valence-corrected chi connectivity index (χ3v) is 5.14. The Balaban J connectivity index is 1.97. The van der Waals surface area contributed by atoms with Gasteiger partial charge in [0.1, 0.15) is 10.8 Å². The highest BCUT2D eigenvalue weighted by Gasteiger charge is 2.21. The summed E-state index contributed by atoms with van der Waals surface area (Å²) < 4.78 is 5.26. The molecule has 0 amide bonds. The molecule has 140 valence electrons. The highest BCUT2D eigenvalue weighted by molar-refractivity contribution is 6.34. The molecule has 4 nitrogen and oxygen atoms in total. The average Bonchev–Trinajstić information content (AvgIpc) is 2.70. The zero-order valence-corrected chi connectivity index (χ0v) is 16.4. The summed E-state index contributed by atoms with van der Waals surface area (Å²) in [4.78, 5) is 25.4. The third kappa shape index (κ3) is 3.62. The molecule has 0 aliphatic rings. The Bertz CT molecular complexity index is 986. The lowest BCUT2D eigenvalue weighted by Gasteiger charge is -2.32. The van der Waals surface area contributed by atoms with Crippen LogP contribution >= 0.6 is 11.6 Å². The van der Waals surface area contributed by atoms with Crippen LogP contribution in [-0.2, 0) is 0 Å². The molecule has 1 atom stereocenters. The minimum Gasteiger partial charge on any atom is -0.497 e. The molecule has 0 spiro atoms. The summed E-state index contributed by atoms with van der Waals surface area (Å²) in [5.41, 5.74) is 1.94. The highest BCUT2D eigenvalue weighted by atomic mass is 35.5. The molecular formula is C22H22ClNO3. The van der Waals surface area contributed by atoms with Crippen LogP contribution in [-0.4, -0.2) is 13.2 Å². The molecule has 0 saturated heterocycles. The van der Waals surface area contributed by atoms with Crippen LogP contribution in [0.2, 0.25) is 5.02 Å². The van der Waals surface area contributed by atoms with Crippen LogP contribution < -0.4 is 20.5 Å². The highest BCUT2D eigenvalue weighted by Crippen LogP contribution is 2.33. The fourth-order valence-corrected chi connectivity index (χ4v) is 3.64. The first-order valence-corrected chi connectivity index (χ1v) is 9.38. The summed E-state index contributed by atoms with van der Waals surface area (Å²) in [7, 11) is 1.65. The molecule has 3 aromatic carbocycles. The maximum Gasteiger partial charge on any atom is 0.245 e. The molecular weight excluding hydrogens is 362 g/mol. The molecule has 0 aromatic heterocycles. The summed E-state index contributed by atoms with van der Waals surface area (Å²) >= 11 is 5.90. The molecule has 0 N–H and O–H groups in total. The van der Waals surface area contributed by atoms with Gasteiger partial charge in [0.05, 0.1) is 12.7 Å². The Kier molecular flexibility index (Phi) is 5.66. The molecule has 1 unspecified atom stereocenters. The second-order valence-corrected chi connectivity index (χ2v) is 6.98. The van der Waals surface area contributed by atoms with Crippen LogP contribution in [0.5, 0.6) is 5.75 Å². The Labute approximate surface area is 163 Å². The van der Waals surface area contributed by atoms with E-state index in [4.69, 9.17) is 16.3 Å². The van der Waals surface area contributed by atoms with Crippen molar-refractivity contribution in [2.75, 3.05) is 12.0 Å². The molecule has 0 heterocycles. The largest absolute Gasteiger partial charge is 0.497 e. The lowest BCUT2D eigenvalue weighted by atomic mass is 10.0. The predicted octanol–water partition coefficient (Wildman–Crippen LogP) is 4.94. The number of halogens is 1. The van der Waals surface area contributed by atoms with Gasteiger partial charge in [-0.1, -0.05) is 37.1 Å². The molecule has 3 rings (SSSR count). The number of nitrogens with zero attached hydrogens (tertiary/aromatic N) is 1. The van der Waals surface area contributed by atoms with Crippen molar-refractivity contribution in [3.05, 3.63) is 74.0 Å². The minimum atomic E-state index is -0.604. The molecule has 0 aliphatic carbocycles. The fourth-order valence-electron chi connectivity index (χ4n) is 3.36. The van der Waals surface area contributed by atoms with E-state index in [0.717, 1.165) is 30.0 Å². The number of hydrogen-bond donors (Lipinski definition) is 0. The predicted molar refractivity (Wildman–Crippen MR) is 111 cm³/mol. The number of anilines is 2. The van der Waals surface area contributed by atoms with Crippen LogP contribution in [0.1, 0.15) is 26.7 Å². The van der Waals surface area contributed by atoms with E-state index in [1.165, 1.54) is 0 Å². The van der Waals surface area contributed by atoms with E-state index in [9.17, 15) is 9.59 Å². The average molecular weight is 384 g/mol. The van der Waals surface area contributed by atoms with Crippen LogP contribution in [0.4, 0.5) is 11.4 Å².